The predicted molar refractivity (Wildman–Crippen MR) is 73.0 cm³/mol. The van der Waals surface area contributed by atoms with E-state index < -0.39 is 11.7 Å². The Morgan fingerprint density at radius 2 is 2.17 bits per heavy atom. The van der Waals surface area contributed by atoms with E-state index in [0.29, 0.717) is 4.47 Å². The number of hydrogen-bond donors (Lipinski definition) is 1. The third kappa shape index (κ3) is 4.68. The van der Waals surface area contributed by atoms with Crippen molar-refractivity contribution >= 4 is 33.5 Å². The van der Waals surface area contributed by atoms with Gasteiger partial charge in [0.1, 0.15) is 5.82 Å². The van der Waals surface area contributed by atoms with Crippen molar-refractivity contribution in [2.24, 2.45) is 0 Å². The standard InChI is InChI=1S/C11H14BrF3N2S/c1-7(3-4-18-2)17-10-9(11(13,14)15)5-8(12)6-16-10/h5-7H,3-4H2,1-2H3,(H,16,17). The molecule has 0 aromatic carbocycles. The Morgan fingerprint density at radius 3 is 2.72 bits per heavy atom. The minimum atomic E-state index is -4.40. The van der Waals surface area contributed by atoms with Crippen LogP contribution in [0, 0.1) is 0 Å². The van der Waals surface area contributed by atoms with E-state index in [0.717, 1.165) is 18.2 Å². The second-order valence-electron chi connectivity index (χ2n) is 3.87. The molecule has 0 aliphatic heterocycles. The molecule has 18 heavy (non-hydrogen) atoms. The van der Waals surface area contributed by atoms with E-state index in [9.17, 15) is 13.2 Å². The SMILES string of the molecule is CSCCC(C)Nc1ncc(Br)cc1C(F)(F)F. The minimum Gasteiger partial charge on any atom is -0.367 e. The molecule has 1 unspecified atom stereocenters. The van der Waals surface area contributed by atoms with Crippen molar-refractivity contribution < 1.29 is 13.2 Å². The van der Waals surface area contributed by atoms with E-state index in [1.54, 1.807) is 11.8 Å². The maximum Gasteiger partial charge on any atom is 0.419 e. The first-order chi connectivity index (χ1) is 8.34. The number of nitrogens with one attached hydrogen (secondary N) is 1. The lowest BCUT2D eigenvalue weighted by molar-refractivity contribution is -0.137. The van der Waals surface area contributed by atoms with E-state index >= 15 is 0 Å². The van der Waals surface area contributed by atoms with Crippen molar-refractivity contribution in [3.8, 4) is 0 Å². The number of thioether (sulfide) groups is 1. The van der Waals surface area contributed by atoms with Gasteiger partial charge >= 0.3 is 6.18 Å². The number of anilines is 1. The van der Waals surface area contributed by atoms with Crippen LogP contribution in [-0.2, 0) is 6.18 Å². The monoisotopic (exact) mass is 342 g/mol. The summed E-state index contributed by atoms with van der Waals surface area (Å²) in [5, 5.41) is 2.81. The molecule has 0 aliphatic carbocycles. The average Bonchev–Trinajstić information content (AvgIpc) is 2.27. The van der Waals surface area contributed by atoms with Gasteiger partial charge in [-0.3, -0.25) is 0 Å². The van der Waals surface area contributed by atoms with Gasteiger partial charge in [-0.2, -0.15) is 24.9 Å². The van der Waals surface area contributed by atoms with Crippen molar-refractivity contribution in [1.29, 1.82) is 0 Å². The smallest absolute Gasteiger partial charge is 0.367 e. The van der Waals surface area contributed by atoms with Crippen molar-refractivity contribution in [1.82, 2.24) is 4.98 Å². The lowest BCUT2D eigenvalue weighted by Gasteiger charge is -2.18. The summed E-state index contributed by atoms with van der Waals surface area (Å²) in [5.74, 6) is 0.783. The molecule has 0 radical (unpaired) electrons. The van der Waals surface area contributed by atoms with E-state index in [2.05, 4.69) is 26.2 Å². The van der Waals surface area contributed by atoms with Crippen LogP contribution in [0.3, 0.4) is 0 Å². The highest BCUT2D eigenvalue weighted by molar-refractivity contribution is 9.10. The molecule has 1 heterocycles. The Hall–Kier alpha value is -0.430. The molecular formula is C11H14BrF3N2S. The molecule has 1 aromatic heterocycles. The molecule has 7 heteroatoms. The van der Waals surface area contributed by atoms with Crippen LogP contribution >= 0.6 is 27.7 Å². The largest absolute Gasteiger partial charge is 0.419 e. The van der Waals surface area contributed by atoms with Crippen LogP contribution in [0.5, 0.6) is 0 Å². The molecule has 0 saturated heterocycles. The zero-order chi connectivity index (χ0) is 13.8. The van der Waals surface area contributed by atoms with Crippen LogP contribution in [0.15, 0.2) is 16.7 Å². The van der Waals surface area contributed by atoms with E-state index in [1.165, 1.54) is 6.20 Å². The van der Waals surface area contributed by atoms with Gasteiger partial charge in [0.25, 0.3) is 0 Å². The number of hydrogen-bond acceptors (Lipinski definition) is 3. The summed E-state index contributed by atoms with van der Waals surface area (Å²) < 4.78 is 38.8. The van der Waals surface area contributed by atoms with Gasteiger partial charge in [0.15, 0.2) is 0 Å². The number of aromatic nitrogens is 1. The molecule has 0 saturated carbocycles. The lowest BCUT2D eigenvalue weighted by atomic mass is 10.2. The third-order valence-electron chi connectivity index (χ3n) is 2.30. The number of halogens is 4. The van der Waals surface area contributed by atoms with Gasteiger partial charge in [-0.1, -0.05) is 0 Å². The Bertz CT molecular complexity index is 398. The Morgan fingerprint density at radius 1 is 1.50 bits per heavy atom. The number of alkyl halides is 3. The molecule has 0 bridgehead atoms. The molecule has 1 atom stereocenters. The van der Waals surface area contributed by atoms with E-state index in [1.807, 2.05) is 13.2 Å². The van der Waals surface area contributed by atoms with Gasteiger partial charge in [-0.05, 0) is 47.3 Å². The summed E-state index contributed by atoms with van der Waals surface area (Å²) in [6.45, 7) is 1.85. The van der Waals surface area contributed by atoms with Crippen LogP contribution in [-0.4, -0.2) is 23.0 Å². The molecular weight excluding hydrogens is 329 g/mol. The Kier molecular flexibility index (Phi) is 5.78. The highest BCUT2D eigenvalue weighted by Crippen LogP contribution is 2.35. The average molecular weight is 343 g/mol. The van der Waals surface area contributed by atoms with E-state index in [4.69, 9.17) is 0 Å². The fraction of sp³-hybridized carbons (Fsp3) is 0.545. The summed E-state index contributed by atoms with van der Waals surface area (Å²) in [6, 6.07) is 0.989. The summed E-state index contributed by atoms with van der Waals surface area (Å²) in [7, 11) is 0. The Labute approximate surface area is 117 Å². The highest BCUT2D eigenvalue weighted by Gasteiger charge is 2.34. The number of rotatable bonds is 5. The van der Waals surface area contributed by atoms with Gasteiger partial charge < -0.3 is 5.32 Å². The van der Waals surface area contributed by atoms with Crippen LogP contribution in [0.1, 0.15) is 18.9 Å². The van der Waals surface area contributed by atoms with Gasteiger partial charge in [0.05, 0.1) is 5.56 Å². The molecule has 102 valence electrons. The van der Waals surface area contributed by atoms with Gasteiger partial charge in [-0.25, -0.2) is 4.98 Å². The molecule has 0 spiro atoms. The summed E-state index contributed by atoms with van der Waals surface area (Å²) in [4.78, 5) is 3.81. The first-order valence-corrected chi connectivity index (χ1v) is 7.51. The predicted octanol–water partition coefficient (Wildman–Crippen LogP) is 4.42. The summed E-state index contributed by atoms with van der Waals surface area (Å²) >= 11 is 4.67. The zero-order valence-corrected chi connectivity index (χ0v) is 12.4. The molecule has 0 aliphatic rings. The topological polar surface area (TPSA) is 24.9 Å². The highest BCUT2D eigenvalue weighted by atomic mass is 79.9. The number of pyridine rings is 1. The van der Waals surface area contributed by atoms with Crippen molar-refractivity contribution in [3.63, 3.8) is 0 Å². The van der Waals surface area contributed by atoms with Crippen molar-refractivity contribution in [2.75, 3.05) is 17.3 Å². The molecule has 2 nitrogen and oxygen atoms in total. The molecule has 1 aromatic rings. The van der Waals surface area contributed by atoms with Gasteiger partial charge in [-0.15, -0.1) is 0 Å². The normalized spacial score (nSPS) is 13.4. The first-order valence-electron chi connectivity index (χ1n) is 5.32. The number of nitrogens with zero attached hydrogens (tertiary/aromatic N) is 1. The quantitative estimate of drug-likeness (QED) is 0.857. The maximum atomic E-state index is 12.8. The van der Waals surface area contributed by atoms with Crippen molar-refractivity contribution in [2.45, 2.75) is 25.6 Å². The Balaban J connectivity index is 2.88. The first kappa shape index (κ1) is 15.6. The van der Waals surface area contributed by atoms with Crippen molar-refractivity contribution in [3.05, 3.63) is 22.3 Å². The minimum absolute atomic E-state index is 0.0489. The van der Waals surface area contributed by atoms with Crippen LogP contribution in [0.4, 0.5) is 19.0 Å². The molecule has 0 fully saturated rings. The van der Waals surface area contributed by atoms with Gasteiger partial charge in [0.2, 0.25) is 0 Å². The second-order valence-corrected chi connectivity index (χ2v) is 5.78. The zero-order valence-electron chi connectivity index (χ0n) is 10.0. The van der Waals surface area contributed by atoms with Crippen LogP contribution in [0.25, 0.3) is 0 Å². The molecule has 1 rings (SSSR count). The summed E-state index contributed by atoms with van der Waals surface area (Å²) in [6.07, 6.45) is -0.293. The summed E-state index contributed by atoms with van der Waals surface area (Å²) in [5.41, 5.74) is -0.743. The second kappa shape index (κ2) is 6.65. The van der Waals surface area contributed by atoms with Crippen LogP contribution < -0.4 is 5.32 Å². The lowest BCUT2D eigenvalue weighted by Crippen LogP contribution is -2.20. The fourth-order valence-corrected chi connectivity index (χ4v) is 2.29. The molecule has 1 N–H and O–H groups in total. The maximum absolute atomic E-state index is 12.8. The van der Waals surface area contributed by atoms with Gasteiger partial charge in [0, 0.05) is 16.7 Å². The molecule has 0 amide bonds. The van der Waals surface area contributed by atoms with Crippen LogP contribution in [0.2, 0.25) is 0 Å². The third-order valence-corrected chi connectivity index (χ3v) is 3.38. The van der Waals surface area contributed by atoms with E-state index in [-0.39, 0.29) is 11.9 Å². The fourth-order valence-electron chi connectivity index (χ4n) is 1.37.